The van der Waals surface area contributed by atoms with E-state index >= 15 is 0 Å². The van der Waals surface area contributed by atoms with E-state index in [2.05, 4.69) is 19.6 Å². The lowest BCUT2D eigenvalue weighted by molar-refractivity contribution is -0.171. The molecule has 0 N–H and O–H groups in total. The molecule has 1 aliphatic heterocycles. The van der Waals surface area contributed by atoms with Crippen LogP contribution < -0.4 is 0 Å². The minimum atomic E-state index is -3.85. The van der Waals surface area contributed by atoms with Crippen LogP contribution in [0, 0.1) is 24.2 Å². The minimum absolute atomic E-state index is 0.0453. The zero-order valence-corrected chi connectivity index (χ0v) is 26.7. The van der Waals surface area contributed by atoms with E-state index in [0.717, 1.165) is 33.9 Å². The van der Waals surface area contributed by atoms with Crippen LogP contribution in [0.4, 0.5) is 0 Å². The minimum Gasteiger partial charge on any atom is -0.465 e. The van der Waals surface area contributed by atoms with Crippen molar-refractivity contribution in [2.24, 2.45) is 17.3 Å². The highest BCUT2D eigenvalue weighted by Crippen LogP contribution is 2.58. The van der Waals surface area contributed by atoms with E-state index in [-0.39, 0.29) is 61.2 Å². The highest BCUT2D eigenvalue weighted by molar-refractivity contribution is 7.89. The molecule has 222 valence electrons. The van der Waals surface area contributed by atoms with Crippen LogP contribution in [0.1, 0.15) is 51.5 Å². The molecule has 1 heterocycles. The first-order chi connectivity index (χ1) is 19.3. The summed E-state index contributed by atoms with van der Waals surface area (Å²) in [6.45, 7) is 12.1. The van der Waals surface area contributed by atoms with Gasteiger partial charge in [-0.05, 0) is 80.5 Å². The number of carbonyl (C=O) groups excluding carboxylic acids is 3. The van der Waals surface area contributed by atoms with Crippen molar-refractivity contribution in [2.45, 2.75) is 83.5 Å². The summed E-state index contributed by atoms with van der Waals surface area (Å²) in [4.78, 5) is 41.8. The Hall–Kier alpha value is -2.56. The Morgan fingerprint density at radius 1 is 0.976 bits per heavy atom. The van der Waals surface area contributed by atoms with Gasteiger partial charge in [0.05, 0.1) is 26.2 Å². The number of benzene rings is 1. The lowest BCUT2D eigenvalue weighted by Gasteiger charge is -2.37. The predicted molar refractivity (Wildman–Crippen MR) is 157 cm³/mol. The van der Waals surface area contributed by atoms with Gasteiger partial charge >= 0.3 is 11.9 Å². The summed E-state index contributed by atoms with van der Waals surface area (Å²) in [6.07, 6.45) is 2.24. The zero-order chi connectivity index (χ0) is 29.9. The highest BCUT2D eigenvalue weighted by atomic mass is 32.2. The van der Waals surface area contributed by atoms with Gasteiger partial charge < -0.3 is 9.47 Å². The van der Waals surface area contributed by atoms with E-state index in [1.807, 2.05) is 6.92 Å². The van der Waals surface area contributed by atoms with Crippen molar-refractivity contribution in [2.75, 3.05) is 19.8 Å². The topological polar surface area (TPSA) is 107 Å². The Bertz CT molecular complexity index is 1430. The van der Waals surface area contributed by atoms with E-state index in [0.29, 0.717) is 12.8 Å². The predicted octanol–water partition coefficient (Wildman–Crippen LogP) is 4.74. The molecular weight excluding hydrogens is 558 g/mol. The van der Waals surface area contributed by atoms with Crippen molar-refractivity contribution in [3.8, 4) is 0 Å². The SMILES string of the molecule is CCOC(=O)C1(C(=O)OCC)CC2=C3CN(S(=O)(=O)c4ccc(C)cc4)[C@H]4CCC[C@@H](C(=O)C([Si](C)(C)C)=C2C1)[C@@H]34. The van der Waals surface area contributed by atoms with Crippen LogP contribution in [-0.2, 0) is 33.9 Å². The van der Waals surface area contributed by atoms with Crippen LogP contribution in [0.2, 0.25) is 19.6 Å². The molecule has 0 spiro atoms. The van der Waals surface area contributed by atoms with Crippen molar-refractivity contribution in [1.29, 1.82) is 0 Å². The van der Waals surface area contributed by atoms with Crippen LogP contribution in [-0.4, -0.2) is 64.3 Å². The molecule has 1 aromatic rings. The third-order valence-corrected chi connectivity index (χ3v) is 13.2. The number of hydrogen-bond acceptors (Lipinski definition) is 7. The Balaban J connectivity index is 1.73. The Kier molecular flexibility index (Phi) is 7.74. The molecule has 2 saturated carbocycles. The summed E-state index contributed by atoms with van der Waals surface area (Å²) in [7, 11) is -6.11. The number of esters is 2. The van der Waals surface area contributed by atoms with Gasteiger partial charge in [-0.3, -0.25) is 14.4 Å². The molecule has 0 bridgehead atoms. The molecule has 0 unspecified atom stereocenters. The van der Waals surface area contributed by atoms with E-state index < -0.39 is 35.5 Å². The molecule has 3 fully saturated rings. The molecule has 0 amide bonds. The van der Waals surface area contributed by atoms with E-state index in [1.165, 1.54) is 0 Å². The van der Waals surface area contributed by atoms with Gasteiger partial charge in [-0.25, -0.2) is 8.42 Å². The number of aryl methyl sites for hydroxylation is 1. The molecule has 1 saturated heterocycles. The normalized spacial score (nSPS) is 26.0. The number of carbonyl (C=O) groups is 3. The van der Waals surface area contributed by atoms with Crippen molar-refractivity contribution in [3.63, 3.8) is 0 Å². The Labute approximate surface area is 244 Å². The monoisotopic (exact) mass is 599 g/mol. The van der Waals surface area contributed by atoms with Crippen molar-refractivity contribution in [1.82, 2.24) is 4.31 Å². The number of fused-ring (bicyclic) bond motifs is 1. The number of allylic oxidation sites excluding steroid dienone is 3. The van der Waals surface area contributed by atoms with Gasteiger partial charge in [-0.1, -0.05) is 43.8 Å². The maximum atomic E-state index is 14.5. The smallest absolute Gasteiger partial charge is 0.324 e. The summed E-state index contributed by atoms with van der Waals surface area (Å²) in [5.41, 5.74) is 1.83. The number of rotatable bonds is 7. The fourth-order valence-electron chi connectivity index (χ4n) is 7.56. The van der Waals surface area contributed by atoms with Gasteiger partial charge in [0.15, 0.2) is 11.2 Å². The van der Waals surface area contributed by atoms with Crippen LogP contribution in [0.15, 0.2) is 51.1 Å². The van der Waals surface area contributed by atoms with E-state index in [9.17, 15) is 22.8 Å². The quantitative estimate of drug-likeness (QED) is 0.253. The fraction of sp³-hybridized carbons (Fsp3) is 0.581. The maximum Gasteiger partial charge on any atom is 0.324 e. The second kappa shape index (κ2) is 10.6. The van der Waals surface area contributed by atoms with Crippen LogP contribution in [0.5, 0.6) is 0 Å². The second-order valence-electron chi connectivity index (χ2n) is 12.8. The van der Waals surface area contributed by atoms with Crippen LogP contribution in [0.25, 0.3) is 0 Å². The Morgan fingerprint density at radius 3 is 2.12 bits per heavy atom. The number of ether oxygens (including phenoxy) is 2. The summed E-state index contributed by atoms with van der Waals surface area (Å²) < 4.78 is 40.6. The van der Waals surface area contributed by atoms with Gasteiger partial charge in [-0.2, -0.15) is 4.31 Å². The fourth-order valence-corrected chi connectivity index (χ4v) is 11.3. The first-order valence-corrected chi connectivity index (χ1v) is 19.6. The average Bonchev–Trinajstić information content (AvgIpc) is 3.46. The van der Waals surface area contributed by atoms with Gasteiger partial charge in [-0.15, -0.1) is 0 Å². The largest absolute Gasteiger partial charge is 0.465 e. The first-order valence-electron chi connectivity index (χ1n) is 14.7. The summed E-state index contributed by atoms with van der Waals surface area (Å²) in [5.74, 6) is -1.81. The highest BCUT2D eigenvalue weighted by Gasteiger charge is 2.61. The molecule has 3 atom stereocenters. The first kappa shape index (κ1) is 29.9. The van der Waals surface area contributed by atoms with Gasteiger partial charge in [0, 0.05) is 24.4 Å². The summed E-state index contributed by atoms with van der Waals surface area (Å²) in [6, 6.07) is 6.51. The standard InChI is InChI=1S/C31H41NO7SSi/c1-7-38-29(34)31(30(35)39-8-2)16-22-23(17-31)28(41(4,5)6)27(33)21-10-9-11-25-26(21)24(22)18-32(25)40(36,37)20-14-12-19(3)13-15-20/h12-15,21,25-26H,7-11,16-18H2,1-6H3/t21-,25+,26+/m1/s1. The third kappa shape index (κ3) is 4.75. The number of Topliss-reactive ketones (excluding diaryl/α,β-unsaturated/α-hetero) is 1. The zero-order valence-electron chi connectivity index (χ0n) is 24.9. The Morgan fingerprint density at radius 2 is 1.56 bits per heavy atom. The second-order valence-corrected chi connectivity index (χ2v) is 19.7. The number of ketones is 1. The van der Waals surface area contributed by atoms with Gasteiger partial charge in [0.25, 0.3) is 0 Å². The lowest BCUT2D eigenvalue weighted by atomic mass is 9.72. The van der Waals surface area contributed by atoms with Gasteiger partial charge in [0.1, 0.15) is 0 Å². The maximum absolute atomic E-state index is 14.5. The van der Waals surface area contributed by atoms with Crippen LogP contribution >= 0.6 is 0 Å². The number of hydrogen-bond donors (Lipinski definition) is 0. The average molecular weight is 600 g/mol. The summed E-state index contributed by atoms with van der Waals surface area (Å²) in [5, 5.41) is 0.781. The van der Waals surface area contributed by atoms with Crippen LogP contribution in [0.3, 0.4) is 0 Å². The molecule has 41 heavy (non-hydrogen) atoms. The molecule has 5 rings (SSSR count). The van der Waals surface area contributed by atoms with E-state index in [4.69, 9.17) is 9.47 Å². The molecule has 4 aliphatic rings. The molecule has 1 aromatic carbocycles. The number of nitrogens with zero attached hydrogens (tertiary/aromatic N) is 1. The van der Waals surface area contributed by atoms with Gasteiger partial charge in [0.2, 0.25) is 10.0 Å². The van der Waals surface area contributed by atoms with Crippen molar-refractivity contribution in [3.05, 3.63) is 51.7 Å². The van der Waals surface area contributed by atoms with Crippen molar-refractivity contribution >= 4 is 35.8 Å². The number of sulfonamides is 1. The molecule has 8 nitrogen and oxygen atoms in total. The van der Waals surface area contributed by atoms with E-state index in [1.54, 1.807) is 42.4 Å². The van der Waals surface area contributed by atoms with Crippen molar-refractivity contribution < 1.29 is 32.3 Å². The molecule has 10 heteroatoms. The molecule has 3 aliphatic carbocycles. The third-order valence-electron chi connectivity index (χ3n) is 9.27. The molecular formula is C31H41NO7SSi. The molecule has 0 radical (unpaired) electrons. The lowest BCUT2D eigenvalue weighted by Crippen LogP contribution is -2.45. The summed E-state index contributed by atoms with van der Waals surface area (Å²) >= 11 is 0. The molecule has 0 aromatic heterocycles.